The first kappa shape index (κ1) is 57.5. The molecule has 424 valence electrons. The van der Waals surface area contributed by atoms with Crippen LogP contribution in [0.5, 0.6) is 5.75 Å². The highest BCUT2D eigenvalue weighted by Crippen LogP contribution is 2.49. The van der Waals surface area contributed by atoms with Crippen LogP contribution in [0.2, 0.25) is 0 Å². The predicted molar refractivity (Wildman–Crippen MR) is 302 cm³/mol. The van der Waals surface area contributed by atoms with Gasteiger partial charge in [-0.1, -0.05) is 55.4 Å². The number of carbonyl (C=O) groups excluding carboxylic acids is 5. The maximum absolute atomic E-state index is 13.9. The van der Waals surface area contributed by atoms with Crippen molar-refractivity contribution in [3.63, 3.8) is 0 Å². The molecule has 0 bridgehead atoms. The molecule has 1 saturated carbocycles. The van der Waals surface area contributed by atoms with E-state index in [9.17, 15) is 29.1 Å². The zero-order chi connectivity index (χ0) is 56.5. The number of rotatable bonds is 24. The number of amides is 5. The fraction of sp³-hybridized carbons (Fsp3) is 0.450. The number of aromatic nitrogens is 3. The number of hydrogen-bond donors (Lipinski definition) is 4. The molecule has 5 heterocycles. The molecule has 3 aromatic carbocycles. The van der Waals surface area contributed by atoms with Gasteiger partial charge >= 0.3 is 0 Å². The molecule has 2 fully saturated rings. The lowest BCUT2D eigenvalue weighted by Gasteiger charge is -2.53. The zero-order valence-corrected chi connectivity index (χ0v) is 47.3. The number of hydrogen-bond acceptors (Lipinski definition) is 14. The number of nitrogens with one attached hydrogen (secondary N) is 3. The maximum Gasteiger partial charge on any atom is 0.268 e. The molecule has 1 spiro atoms. The summed E-state index contributed by atoms with van der Waals surface area (Å²) in [7, 11) is 3.51. The molecule has 3 aromatic heterocycles. The molecule has 80 heavy (non-hydrogen) atoms. The fourth-order valence-corrected chi connectivity index (χ4v) is 11.8. The highest BCUT2D eigenvalue weighted by molar-refractivity contribution is 7.13. The lowest BCUT2D eigenvalue weighted by Crippen LogP contribution is -2.56. The summed E-state index contributed by atoms with van der Waals surface area (Å²) in [6.45, 7) is 11.6. The Labute approximate surface area is 470 Å². The molecule has 5 amide bonds. The predicted octanol–water partition coefficient (Wildman–Crippen LogP) is 7.20. The summed E-state index contributed by atoms with van der Waals surface area (Å²) >= 11 is 1.52. The molecular weight excluding hydrogens is 1040 g/mol. The molecular formula is C60H73N9O10S. The van der Waals surface area contributed by atoms with Crippen LogP contribution >= 0.6 is 11.3 Å². The van der Waals surface area contributed by atoms with Crippen LogP contribution in [0.15, 0.2) is 95.0 Å². The second kappa shape index (κ2) is 25.9. The van der Waals surface area contributed by atoms with E-state index < -0.39 is 18.1 Å². The van der Waals surface area contributed by atoms with Gasteiger partial charge in [-0.2, -0.15) is 0 Å². The smallest absolute Gasteiger partial charge is 0.268 e. The van der Waals surface area contributed by atoms with Crippen LogP contribution in [0.4, 0.5) is 5.69 Å². The largest absolute Gasteiger partial charge is 0.491 e. The Bertz CT molecular complexity index is 3130. The van der Waals surface area contributed by atoms with Crippen molar-refractivity contribution in [1.29, 1.82) is 0 Å². The molecule has 4 N–H and O–H groups in total. The molecule has 3 atom stereocenters. The van der Waals surface area contributed by atoms with Crippen LogP contribution in [-0.4, -0.2) is 136 Å². The molecule has 9 rings (SSSR count). The van der Waals surface area contributed by atoms with E-state index in [0.29, 0.717) is 47.2 Å². The minimum Gasteiger partial charge on any atom is -0.491 e. The van der Waals surface area contributed by atoms with Crippen molar-refractivity contribution in [2.45, 2.75) is 110 Å². The molecule has 3 aliphatic rings. The van der Waals surface area contributed by atoms with Gasteiger partial charge in [0, 0.05) is 88.4 Å². The number of nitrogens with zero attached hydrogens (tertiary/aromatic N) is 6. The SMILES string of the molecule is Cc1cc(C(C(=O)N2C[C@@H](O)C[C@@H]2C(=O)NCc2ccc(-c3scnc3C)cc2OCCOCCOCCC(=O)Nc2ccc(CNC(=O)c3ccc4n3CCN(Cc3ccc(C(=O)N(C)C)cc3)C43CCC3)cc2)C(C)C)on1. The molecule has 1 unspecified atom stereocenters. The molecule has 1 aliphatic carbocycles. The highest BCUT2D eigenvalue weighted by atomic mass is 32.1. The van der Waals surface area contributed by atoms with Crippen molar-refractivity contribution in [1.82, 2.24) is 40.0 Å². The summed E-state index contributed by atoms with van der Waals surface area (Å²) in [4.78, 5) is 77.4. The number of anilines is 1. The maximum atomic E-state index is 13.9. The van der Waals surface area contributed by atoms with Crippen LogP contribution < -0.4 is 20.7 Å². The zero-order valence-electron chi connectivity index (χ0n) is 46.5. The van der Waals surface area contributed by atoms with Gasteiger partial charge in [-0.05, 0) is 98.2 Å². The molecule has 1 saturated heterocycles. The first-order chi connectivity index (χ1) is 38.6. The van der Waals surface area contributed by atoms with Gasteiger partial charge in [-0.25, -0.2) is 4.98 Å². The second-order valence-electron chi connectivity index (χ2n) is 21.5. The van der Waals surface area contributed by atoms with Crippen LogP contribution in [0.1, 0.15) is 112 Å². The van der Waals surface area contributed by atoms with Crippen molar-refractivity contribution in [2.24, 2.45) is 5.92 Å². The Morgan fingerprint density at radius 1 is 0.863 bits per heavy atom. The third kappa shape index (κ3) is 13.3. The number of β-amino-alcohol motifs (C(OH)–C–C–N with tert-alkyl or cyclic N) is 1. The molecule has 19 nitrogen and oxygen atoms in total. The molecule has 20 heteroatoms. The van der Waals surface area contributed by atoms with E-state index in [1.165, 1.54) is 21.9 Å². The van der Waals surface area contributed by atoms with E-state index in [0.717, 1.165) is 65.2 Å². The highest BCUT2D eigenvalue weighted by Gasteiger charge is 2.48. The number of thiazole rings is 1. The Hall–Kier alpha value is -7.23. The summed E-state index contributed by atoms with van der Waals surface area (Å²) in [5.41, 5.74) is 10.1. The quantitative estimate of drug-likeness (QED) is 0.0441. The number of ether oxygens (including phenoxy) is 3. The van der Waals surface area contributed by atoms with Gasteiger partial charge in [0.15, 0.2) is 0 Å². The van der Waals surface area contributed by atoms with E-state index in [4.69, 9.17) is 18.7 Å². The van der Waals surface area contributed by atoms with E-state index in [1.54, 1.807) is 37.5 Å². The average Bonchev–Trinajstić information content (AvgIpc) is 4.39. The van der Waals surface area contributed by atoms with Gasteiger partial charge in [0.25, 0.3) is 11.8 Å². The lowest BCUT2D eigenvalue weighted by atomic mass is 9.71. The van der Waals surface area contributed by atoms with Crippen LogP contribution in [0.3, 0.4) is 0 Å². The fourth-order valence-electron chi connectivity index (χ4n) is 11.0. The van der Waals surface area contributed by atoms with E-state index in [1.807, 2.05) is 93.6 Å². The van der Waals surface area contributed by atoms with Crippen molar-refractivity contribution in [3.8, 4) is 16.2 Å². The first-order valence-corrected chi connectivity index (χ1v) is 28.4. The minimum atomic E-state index is -0.869. The number of aliphatic hydroxyl groups is 1. The number of fused-ring (bicyclic) bond motifs is 2. The summed E-state index contributed by atoms with van der Waals surface area (Å²) in [6, 6.07) is 26.0. The summed E-state index contributed by atoms with van der Waals surface area (Å²) in [5, 5.41) is 23.6. The Balaban J connectivity index is 0.680. The van der Waals surface area contributed by atoms with Crippen molar-refractivity contribution >= 4 is 46.6 Å². The van der Waals surface area contributed by atoms with Gasteiger partial charge in [-0.15, -0.1) is 11.3 Å². The Kier molecular flexibility index (Phi) is 18.6. The molecule has 2 aliphatic heterocycles. The van der Waals surface area contributed by atoms with E-state index in [-0.39, 0.29) is 100.0 Å². The summed E-state index contributed by atoms with van der Waals surface area (Å²) in [5.74, 6) is -0.815. The Morgan fingerprint density at radius 2 is 1.60 bits per heavy atom. The first-order valence-electron chi connectivity index (χ1n) is 27.5. The third-order valence-electron chi connectivity index (χ3n) is 15.3. The van der Waals surface area contributed by atoms with E-state index >= 15 is 0 Å². The van der Waals surface area contributed by atoms with Crippen molar-refractivity contribution < 1.29 is 47.8 Å². The number of likely N-dealkylation sites (tertiary alicyclic amines) is 1. The minimum absolute atomic E-state index is 0.0122. The third-order valence-corrected chi connectivity index (χ3v) is 16.3. The van der Waals surface area contributed by atoms with Gasteiger partial charge in [0.1, 0.15) is 35.8 Å². The van der Waals surface area contributed by atoms with Crippen molar-refractivity contribution in [2.75, 3.05) is 65.5 Å². The van der Waals surface area contributed by atoms with Crippen LogP contribution in [0, 0.1) is 19.8 Å². The molecule has 0 radical (unpaired) electrons. The van der Waals surface area contributed by atoms with E-state index in [2.05, 4.69) is 41.6 Å². The summed E-state index contributed by atoms with van der Waals surface area (Å²) in [6.07, 6.45) is 2.62. The molecule has 6 aromatic rings. The number of aryl methyl sites for hydroxylation is 2. The number of benzene rings is 3. The van der Waals surface area contributed by atoms with Crippen molar-refractivity contribution in [3.05, 3.63) is 141 Å². The van der Waals surface area contributed by atoms with Gasteiger partial charge in [-0.3, -0.25) is 28.9 Å². The topological polar surface area (TPSA) is 223 Å². The van der Waals surface area contributed by atoms with Crippen LogP contribution in [0.25, 0.3) is 10.4 Å². The second-order valence-corrected chi connectivity index (χ2v) is 22.4. The number of carbonyl (C=O) groups is 5. The average molecular weight is 1110 g/mol. The van der Waals surface area contributed by atoms with Gasteiger partial charge in [0.2, 0.25) is 17.7 Å². The monoisotopic (exact) mass is 1110 g/mol. The van der Waals surface area contributed by atoms with Gasteiger partial charge in [0.05, 0.1) is 66.3 Å². The lowest BCUT2D eigenvalue weighted by molar-refractivity contribution is -0.141. The standard InChI is InChI=1S/C60H73N9O10S/c1-38(2)54(51-30-39(3)65-79-51)59(75)69-36-47(70)32-49(69)57(73)62-34-45-15-14-44(55-40(4)63-37-80-55)31-50(45)78-29-28-77-27-26-76-25-20-53(71)64-46-16-10-41(11-17-46)33-61-56(72)48-18-19-52-60(21-7-22-60)67(23-24-68(48)52)35-42-8-12-43(13-9-42)58(74)66(5)6/h8-19,30-31,37-38,47,49,54,70H,7,20-29,32-36H2,1-6H3,(H,61,72)(H,62,73)(H,64,71)/t47-,49+,54?/m0/s1. The summed E-state index contributed by atoms with van der Waals surface area (Å²) < 4.78 is 25.4. The van der Waals surface area contributed by atoms with Gasteiger partial charge < -0.3 is 54.2 Å². The Morgan fingerprint density at radius 3 is 2.27 bits per heavy atom. The normalized spacial score (nSPS) is 17.0. The number of aliphatic hydroxyl groups excluding tert-OH is 1. The van der Waals surface area contributed by atoms with Crippen LogP contribution in [-0.2, 0) is 55.6 Å².